The molecule has 0 atom stereocenters. The maximum Gasteiger partial charge on any atom is 0.254 e. The first-order valence-corrected chi connectivity index (χ1v) is 11.2. The van der Waals surface area contributed by atoms with Crippen LogP contribution >= 0.6 is 0 Å². The smallest absolute Gasteiger partial charge is 0.254 e. The number of nitrogens with one attached hydrogen (secondary N) is 1. The Labute approximate surface area is 171 Å². The van der Waals surface area contributed by atoms with Crippen molar-refractivity contribution in [3.8, 4) is 5.75 Å². The maximum atomic E-state index is 13.0. The van der Waals surface area contributed by atoms with E-state index in [2.05, 4.69) is 22.9 Å². The first-order valence-electron chi connectivity index (χ1n) is 9.72. The first kappa shape index (κ1) is 19.7. The Balaban J connectivity index is 1.55. The van der Waals surface area contributed by atoms with Crippen LogP contribution in [-0.4, -0.2) is 45.5 Å². The number of hydrogen-bond donors (Lipinski definition) is 1. The summed E-state index contributed by atoms with van der Waals surface area (Å²) in [5.41, 5.74) is 2.74. The number of ether oxygens (including phenoxy) is 1. The van der Waals surface area contributed by atoms with Crippen LogP contribution in [0.4, 0.5) is 0 Å². The van der Waals surface area contributed by atoms with Gasteiger partial charge < -0.3 is 9.64 Å². The molecular weight excluding hydrogens is 388 g/mol. The van der Waals surface area contributed by atoms with E-state index in [1.54, 1.807) is 17.0 Å². The van der Waals surface area contributed by atoms with Gasteiger partial charge in [-0.1, -0.05) is 36.4 Å². The standard InChI is InChI=1S/C22H24N2O4S/c1-28-20-10-7-18(15-21(20)29(26,27)23-19-8-9-19)22(25)24-13-11-17(12-14-24)16-5-3-2-4-6-16/h2-7,10-11,15,19,23H,8-9,12-14H2,1H3. The van der Waals surface area contributed by atoms with Crippen molar-refractivity contribution >= 4 is 21.5 Å². The van der Waals surface area contributed by atoms with Gasteiger partial charge in [0.05, 0.1) is 7.11 Å². The third-order valence-corrected chi connectivity index (χ3v) is 6.78. The zero-order valence-corrected chi connectivity index (χ0v) is 17.1. The van der Waals surface area contributed by atoms with Crippen molar-refractivity contribution in [2.45, 2.75) is 30.2 Å². The molecule has 0 unspecified atom stereocenters. The summed E-state index contributed by atoms with van der Waals surface area (Å²) in [5, 5.41) is 0. The fourth-order valence-electron chi connectivity index (χ4n) is 3.45. The summed E-state index contributed by atoms with van der Waals surface area (Å²) >= 11 is 0. The number of nitrogens with zero attached hydrogens (tertiary/aromatic N) is 1. The van der Waals surface area contributed by atoms with E-state index in [1.165, 1.54) is 24.3 Å². The van der Waals surface area contributed by atoms with E-state index in [-0.39, 0.29) is 22.6 Å². The van der Waals surface area contributed by atoms with Crippen LogP contribution in [0, 0.1) is 0 Å². The molecule has 152 valence electrons. The van der Waals surface area contributed by atoms with Crippen molar-refractivity contribution in [3.63, 3.8) is 0 Å². The third-order valence-electron chi connectivity index (χ3n) is 5.24. The molecule has 1 heterocycles. The lowest BCUT2D eigenvalue weighted by Crippen LogP contribution is -2.35. The molecule has 2 aromatic carbocycles. The van der Waals surface area contributed by atoms with Gasteiger partial charge in [0, 0.05) is 24.7 Å². The number of carbonyl (C=O) groups excluding carboxylic acids is 1. The second-order valence-corrected chi connectivity index (χ2v) is 9.04. The normalized spacial score (nSPS) is 17.0. The number of rotatable bonds is 6. The Hall–Kier alpha value is -2.64. The third kappa shape index (κ3) is 4.36. The number of benzene rings is 2. The van der Waals surface area contributed by atoms with Crippen molar-refractivity contribution in [1.29, 1.82) is 0 Å². The molecule has 6 nitrogen and oxygen atoms in total. The molecule has 4 rings (SSSR count). The van der Waals surface area contributed by atoms with Crippen molar-refractivity contribution in [2.24, 2.45) is 0 Å². The van der Waals surface area contributed by atoms with Crippen LogP contribution in [0.5, 0.6) is 5.75 Å². The van der Waals surface area contributed by atoms with Crippen molar-refractivity contribution in [3.05, 3.63) is 65.7 Å². The number of hydrogen-bond acceptors (Lipinski definition) is 4. The number of carbonyl (C=O) groups is 1. The summed E-state index contributed by atoms with van der Waals surface area (Å²) < 4.78 is 33.2. The predicted molar refractivity (Wildman–Crippen MR) is 111 cm³/mol. The van der Waals surface area contributed by atoms with Gasteiger partial charge in [0.15, 0.2) is 0 Å². The molecule has 1 N–H and O–H groups in total. The molecule has 0 aromatic heterocycles. The average molecular weight is 413 g/mol. The largest absolute Gasteiger partial charge is 0.495 e. The quantitative estimate of drug-likeness (QED) is 0.791. The van der Waals surface area contributed by atoms with Crippen LogP contribution in [-0.2, 0) is 10.0 Å². The molecule has 0 radical (unpaired) electrons. The lowest BCUT2D eigenvalue weighted by Gasteiger charge is -2.27. The van der Waals surface area contributed by atoms with Gasteiger partial charge in [-0.2, -0.15) is 0 Å². The zero-order chi connectivity index (χ0) is 20.4. The predicted octanol–water partition coefficient (Wildman–Crippen LogP) is 3.07. The van der Waals surface area contributed by atoms with Gasteiger partial charge in [-0.15, -0.1) is 0 Å². The summed E-state index contributed by atoms with van der Waals surface area (Å²) in [6, 6.07) is 14.7. The van der Waals surface area contributed by atoms with Gasteiger partial charge in [-0.25, -0.2) is 13.1 Å². The van der Waals surface area contributed by atoms with Crippen LogP contribution in [0.1, 0.15) is 35.2 Å². The fraction of sp³-hybridized carbons (Fsp3) is 0.318. The molecule has 1 saturated carbocycles. The zero-order valence-electron chi connectivity index (χ0n) is 16.3. The molecule has 1 aliphatic heterocycles. The Morgan fingerprint density at radius 2 is 1.90 bits per heavy atom. The molecule has 0 saturated heterocycles. The summed E-state index contributed by atoms with van der Waals surface area (Å²) in [5.74, 6) is 0.0542. The van der Waals surface area contributed by atoms with Gasteiger partial charge in [0.1, 0.15) is 10.6 Å². The van der Waals surface area contributed by atoms with Crippen LogP contribution in [0.25, 0.3) is 5.57 Å². The van der Waals surface area contributed by atoms with Gasteiger partial charge >= 0.3 is 0 Å². The van der Waals surface area contributed by atoms with Crippen molar-refractivity contribution in [2.75, 3.05) is 20.2 Å². The molecule has 2 aliphatic rings. The molecule has 2 aromatic rings. The Kier molecular flexibility index (Phi) is 5.43. The van der Waals surface area contributed by atoms with E-state index in [9.17, 15) is 13.2 Å². The summed E-state index contributed by atoms with van der Waals surface area (Å²) in [6.07, 6.45) is 4.50. The van der Waals surface area contributed by atoms with E-state index in [0.717, 1.165) is 19.3 Å². The van der Waals surface area contributed by atoms with Gasteiger partial charge in [-0.05, 0) is 48.6 Å². The van der Waals surface area contributed by atoms with E-state index in [4.69, 9.17) is 4.74 Å². The molecule has 0 bridgehead atoms. The first-order chi connectivity index (χ1) is 14.0. The highest BCUT2D eigenvalue weighted by Crippen LogP contribution is 2.29. The van der Waals surface area contributed by atoms with E-state index < -0.39 is 10.0 Å². The van der Waals surface area contributed by atoms with Crippen molar-refractivity contribution < 1.29 is 17.9 Å². The van der Waals surface area contributed by atoms with E-state index in [0.29, 0.717) is 18.7 Å². The van der Waals surface area contributed by atoms with E-state index >= 15 is 0 Å². The second-order valence-electron chi connectivity index (χ2n) is 7.36. The van der Waals surface area contributed by atoms with E-state index in [1.807, 2.05) is 18.2 Å². The maximum absolute atomic E-state index is 13.0. The minimum atomic E-state index is -3.73. The van der Waals surface area contributed by atoms with Crippen LogP contribution in [0.2, 0.25) is 0 Å². The summed E-state index contributed by atoms with van der Waals surface area (Å²) in [4.78, 5) is 14.7. The molecule has 1 aliphatic carbocycles. The molecule has 1 amide bonds. The molecule has 29 heavy (non-hydrogen) atoms. The highest BCUT2D eigenvalue weighted by atomic mass is 32.2. The summed E-state index contributed by atoms with van der Waals surface area (Å²) in [6.45, 7) is 1.09. The second kappa shape index (κ2) is 8.00. The SMILES string of the molecule is COc1ccc(C(=O)N2CC=C(c3ccccc3)CC2)cc1S(=O)(=O)NC1CC1. The Bertz CT molecular complexity index is 1040. The molecular formula is C22H24N2O4S. The minimum Gasteiger partial charge on any atom is -0.495 e. The Morgan fingerprint density at radius 1 is 1.14 bits per heavy atom. The molecule has 1 fully saturated rings. The lowest BCUT2D eigenvalue weighted by atomic mass is 9.99. The molecule has 7 heteroatoms. The minimum absolute atomic E-state index is 0.00951. The van der Waals surface area contributed by atoms with Gasteiger partial charge in [-0.3, -0.25) is 4.79 Å². The topological polar surface area (TPSA) is 75.7 Å². The monoisotopic (exact) mass is 412 g/mol. The van der Waals surface area contributed by atoms with Gasteiger partial charge in [0.25, 0.3) is 5.91 Å². The van der Waals surface area contributed by atoms with Crippen LogP contribution in [0.3, 0.4) is 0 Å². The average Bonchev–Trinajstić information content (AvgIpc) is 3.57. The highest BCUT2D eigenvalue weighted by Gasteiger charge is 2.31. The Morgan fingerprint density at radius 3 is 2.52 bits per heavy atom. The molecule has 0 spiro atoms. The van der Waals surface area contributed by atoms with Crippen LogP contribution in [0.15, 0.2) is 59.5 Å². The summed E-state index contributed by atoms with van der Waals surface area (Å²) in [7, 11) is -2.30. The van der Waals surface area contributed by atoms with Crippen LogP contribution < -0.4 is 9.46 Å². The number of amides is 1. The lowest BCUT2D eigenvalue weighted by molar-refractivity contribution is 0.0772. The van der Waals surface area contributed by atoms with Gasteiger partial charge in [0.2, 0.25) is 10.0 Å². The van der Waals surface area contributed by atoms with Crippen molar-refractivity contribution in [1.82, 2.24) is 9.62 Å². The highest BCUT2D eigenvalue weighted by molar-refractivity contribution is 7.89. The fourth-order valence-corrected chi connectivity index (χ4v) is 4.95. The number of sulfonamides is 1. The number of methoxy groups -OCH3 is 1.